The molecule has 1 aromatic heterocycles. The molecule has 2 aromatic rings. The molecule has 1 N–H and O–H groups in total. The van der Waals surface area contributed by atoms with Gasteiger partial charge in [0.2, 0.25) is 5.95 Å². The minimum Gasteiger partial charge on any atom is -0.497 e. The Balaban J connectivity index is 1.60. The largest absolute Gasteiger partial charge is 0.497 e. The van der Waals surface area contributed by atoms with Crippen molar-refractivity contribution in [3.63, 3.8) is 0 Å². The maximum absolute atomic E-state index is 5.27. The molecule has 1 aromatic carbocycles. The first-order chi connectivity index (χ1) is 12.1. The van der Waals surface area contributed by atoms with Crippen LogP contribution in [0.15, 0.2) is 30.3 Å². The van der Waals surface area contributed by atoms with Crippen LogP contribution >= 0.6 is 0 Å². The first-order valence-electron chi connectivity index (χ1n) is 8.80. The summed E-state index contributed by atoms with van der Waals surface area (Å²) in [5.74, 6) is 2.61. The van der Waals surface area contributed by atoms with Gasteiger partial charge in [-0.15, -0.1) is 0 Å². The molecule has 0 atom stereocenters. The van der Waals surface area contributed by atoms with Crippen molar-refractivity contribution >= 4 is 11.8 Å². The Kier molecular flexibility index (Phi) is 5.71. The summed E-state index contributed by atoms with van der Waals surface area (Å²) in [6.45, 7) is 6.98. The number of hydrogen-bond donors (Lipinski definition) is 1. The van der Waals surface area contributed by atoms with Crippen molar-refractivity contribution in [3.8, 4) is 5.75 Å². The lowest BCUT2D eigenvalue weighted by atomic mass is 10.1. The van der Waals surface area contributed by atoms with Crippen LogP contribution in [0.4, 0.5) is 11.8 Å². The molecule has 0 aliphatic carbocycles. The molecule has 6 heteroatoms. The third-order valence-electron chi connectivity index (χ3n) is 4.50. The highest BCUT2D eigenvalue weighted by Gasteiger charge is 2.16. The zero-order valence-corrected chi connectivity index (χ0v) is 15.3. The SMILES string of the molecule is COc1cccc(CCNc2nc(C)cc(N3CCN(C)CC3)n2)c1. The van der Waals surface area contributed by atoms with Crippen LogP contribution in [-0.2, 0) is 6.42 Å². The smallest absolute Gasteiger partial charge is 0.224 e. The van der Waals surface area contributed by atoms with Gasteiger partial charge >= 0.3 is 0 Å². The topological polar surface area (TPSA) is 53.5 Å². The van der Waals surface area contributed by atoms with E-state index in [4.69, 9.17) is 9.72 Å². The second-order valence-corrected chi connectivity index (χ2v) is 6.51. The Morgan fingerprint density at radius 2 is 1.92 bits per heavy atom. The number of nitrogens with zero attached hydrogens (tertiary/aromatic N) is 4. The molecule has 6 nitrogen and oxygen atoms in total. The number of likely N-dealkylation sites (N-methyl/N-ethyl adjacent to an activating group) is 1. The van der Waals surface area contributed by atoms with Gasteiger partial charge in [0.1, 0.15) is 11.6 Å². The molecule has 25 heavy (non-hydrogen) atoms. The molecule has 0 radical (unpaired) electrons. The van der Waals surface area contributed by atoms with Crippen molar-refractivity contribution in [1.82, 2.24) is 14.9 Å². The molecular formula is C19H27N5O. The van der Waals surface area contributed by atoms with Crippen molar-refractivity contribution in [3.05, 3.63) is 41.6 Å². The Bertz CT molecular complexity index is 698. The number of piperazine rings is 1. The van der Waals surface area contributed by atoms with E-state index in [0.29, 0.717) is 5.95 Å². The highest BCUT2D eigenvalue weighted by molar-refractivity contribution is 5.45. The van der Waals surface area contributed by atoms with Crippen LogP contribution in [0.5, 0.6) is 5.75 Å². The van der Waals surface area contributed by atoms with E-state index in [2.05, 4.69) is 45.3 Å². The van der Waals surface area contributed by atoms with E-state index in [0.717, 1.165) is 56.4 Å². The highest BCUT2D eigenvalue weighted by atomic mass is 16.5. The number of methoxy groups -OCH3 is 1. The number of aromatic nitrogens is 2. The van der Waals surface area contributed by atoms with Crippen LogP contribution < -0.4 is 15.0 Å². The Morgan fingerprint density at radius 3 is 2.68 bits per heavy atom. The lowest BCUT2D eigenvalue weighted by Gasteiger charge is -2.33. The van der Waals surface area contributed by atoms with Gasteiger partial charge in [0.05, 0.1) is 7.11 Å². The lowest BCUT2D eigenvalue weighted by Crippen LogP contribution is -2.44. The van der Waals surface area contributed by atoms with Gasteiger partial charge < -0.3 is 19.9 Å². The zero-order valence-electron chi connectivity index (χ0n) is 15.3. The molecule has 1 saturated heterocycles. The number of ether oxygens (including phenoxy) is 1. The maximum Gasteiger partial charge on any atom is 0.224 e. The first kappa shape index (κ1) is 17.5. The maximum atomic E-state index is 5.27. The zero-order chi connectivity index (χ0) is 17.6. The van der Waals surface area contributed by atoms with E-state index < -0.39 is 0 Å². The highest BCUT2D eigenvalue weighted by Crippen LogP contribution is 2.17. The molecule has 0 unspecified atom stereocenters. The fourth-order valence-electron chi connectivity index (χ4n) is 2.98. The van der Waals surface area contributed by atoms with Crippen LogP contribution in [-0.4, -0.2) is 61.7 Å². The van der Waals surface area contributed by atoms with E-state index in [1.165, 1.54) is 5.56 Å². The third-order valence-corrected chi connectivity index (χ3v) is 4.50. The number of anilines is 2. The summed E-state index contributed by atoms with van der Waals surface area (Å²) in [4.78, 5) is 13.9. The van der Waals surface area contributed by atoms with E-state index in [1.54, 1.807) is 7.11 Å². The molecule has 0 bridgehead atoms. The minimum atomic E-state index is 0.705. The van der Waals surface area contributed by atoms with Crippen LogP contribution in [0.2, 0.25) is 0 Å². The number of rotatable bonds is 6. The Labute approximate surface area is 149 Å². The van der Waals surface area contributed by atoms with E-state index in [1.807, 2.05) is 19.1 Å². The summed E-state index contributed by atoms with van der Waals surface area (Å²) < 4.78 is 5.27. The molecule has 1 fully saturated rings. The van der Waals surface area contributed by atoms with Gasteiger partial charge in [0.25, 0.3) is 0 Å². The Hall–Kier alpha value is -2.34. The Morgan fingerprint density at radius 1 is 1.12 bits per heavy atom. The van der Waals surface area contributed by atoms with Crippen LogP contribution in [0.1, 0.15) is 11.3 Å². The van der Waals surface area contributed by atoms with Crippen molar-refractivity contribution in [1.29, 1.82) is 0 Å². The first-order valence-corrected chi connectivity index (χ1v) is 8.80. The second kappa shape index (κ2) is 8.16. The quantitative estimate of drug-likeness (QED) is 0.869. The normalized spacial score (nSPS) is 15.2. The standard InChI is InChI=1S/C19H27N5O/c1-15-13-18(24-11-9-23(2)10-12-24)22-19(21-15)20-8-7-16-5-4-6-17(14-16)25-3/h4-6,13-14H,7-12H2,1-3H3,(H,20,21,22). The fraction of sp³-hybridized carbons (Fsp3) is 0.474. The fourth-order valence-corrected chi connectivity index (χ4v) is 2.98. The molecule has 0 saturated carbocycles. The van der Waals surface area contributed by atoms with Crippen molar-refractivity contribution in [2.75, 3.05) is 57.1 Å². The lowest BCUT2D eigenvalue weighted by molar-refractivity contribution is 0.312. The van der Waals surface area contributed by atoms with Crippen LogP contribution in [0.3, 0.4) is 0 Å². The monoisotopic (exact) mass is 341 g/mol. The number of benzene rings is 1. The summed E-state index contributed by atoms with van der Waals surface area (Å²) >= 11 is 0. The summed E-state index contributed by atoms with van der Waals surface area (Å²) in [7, 11) is 3.85. The van der Waals surface area contributed by atoms with Crippen molar-refractivity contribution in [2.24, 2.45) is 0 Å². The van der Waals surface area contributed by atoms with Gasteiger partial charge in [-0.05, 0) is 38.1 Å². The molecule has 0 amide bonds. The second-order valence-electron chi connectivity index (χ2n) is 6.51. The third kappa shape index (κ3) is 4.82. The average molecular weight is 341 g/mol. The predicted octanol–water partition coefficient (Wildman–Crippen LogP) is 2.20. The van der Waals surface area contributed by atoms with Crippen LogP contribution in [0, 0.1) is 6.92 Å². The van der Waals surface area contributed by atoms with E-state index in [9.17, 15) is 0 Å². The molecule has 134 valence electrons. The summed E-state index contributed by atoms with van der Waals surface area (Å²) in [6.07, 6.45) is 0.901. The number of hydrogen-bond acceptors (Lipinski definition) is 6. The van der Waals surface area contributed by atoms with Gasteiger partial charge in [0, 0.05) is 44.5 Å². The summed E-state index contributed by atoms with van der Waals surface area (Å²) in [5, 5.41) is 3.36. The molecule has 1 aliphatic heterocycles. The minimum absolute atomic E-state index is 0.705. The molecule has 2 heterocycles. The summed E-state index contributed by atoms with van der Waals surface area (Å²) in [5.41, 5.74) is 2.23. The number of nitrogens with one attached hydrogen (secondary N) is 1. The summed E-state index contributed by atoms with van der Waals surface area (Å²) in [6, 6.07) is 10.2. The van der Waals surface area contributed by atoms with Gasteiger partial charge in [-0.3, -0.25) is 0 Å². The van der Waals surface area contributed by atoms with Crippen molar-refractivity contribution in [2.45, 2.75) is 13.3 Å². The predicted molar refractivity (Wildman–Crippen MR) is 102 cm³/mol. The van der Waals surface area contributed by atoms with E-state index >= 15 is 0 Å². The van der Waals surface area contributed by atoms with E-state index in [-0.39, 0.29) is 0 Å². The average Bonchev–Trinajstić information content (AvgIpc) is 2.62. The van der Waals surface area contributed by atoms with Crippen molar-refractivity contribution < 1.29 is 4.74 Å². The van der Waals surface area contributed by atoms with Crippen LogP contribution in [0.25, 0.3) is 0 Å². The van der Waals surface area contributed by atoms with Gasteiger partial charge in [0.15, 0.2) is 0 Å². The van der Waals surface area contributed by atoms with Gasteiger partial charge in [-0.2, -0.15) is 4.98 Å². The molecule has 0 spiro atoms. The van der Waals surface area contributed by atoms with Gasteiger partial charge in [-0.25, -0.2) is 4.98 Å². The number of aryl methyl sites for hydroxylation is 1. The molecule has 1 aliphatic rings. The molecule has 3 rings (SSSR count). The molecular weight excluding hydrogens is 314 g/mol. The van der Waals surface area contributed by atoms with Gasteiger partial charge in [-0.1, -0.05) is 12.1 Å².